The van der Waals surface area contributed by atoms with Crippen LogP contribution < -0.4 is 10.1 Å². The van der Waals surface area contributed by atoms with Crippen molar-refractivity contribution in [3.63, 3.8) is 0 Å². The van der Waals surface area contributed by atoms with Gasteiger partial charge in [-0.1, -0.05) is 25.4 Å². The van der Waals surface area contributed by atoms with Crippen LogP contribution in [0.25, 0.3) is 16.9 Å². The molecule has 166 valence electrons. The zero-order valence-electron chi connectivity index (χ0n) is 17.9. The molecule has 3 heterocycles. The summed E-state index contributed by atoms with van der Waals surface area (Å²) in [6.45, 7) is 4.12. The highest BCUT2D eigenvalue weighted by molar-refractivity contribution is 6.31. The lowest BCUT2D eigenvalue weighted by atomic mass is 10.1. The first-order valence-corrected chi connectivity index (χ1v) is 10.4. The maximum Gasteiger partial charge on any atom is 0.261 e. The van der Waals surface area contributed by atoms with Gasteiger partial charge in [0.2, 0.25) is 0 Å². The maximum atomic E-state index is 13.1. The molecule has 0 saturated carbocycles. The molecule has 0 aliphatic heterocycles. The SMILES string of the molecule is COc1ccc(Cl)cc1-c1nn(C[C@@H](O)C(C)C)cc1NC(=O)c1cnn2cccnc12. The monoisotopic (exact) mass is 454 g/mol. The van der Waals surface area contributed by atoms with Gasteiger partial charge >= 0.3 is 0 Å². The molecule has 0 spiro atoms. The van der Waals surface area contributed by atoms with Crippen LogP contribution in [-0.2, 0) is 6.54 Å². The van der Waals surface area contributed by atoms with E-state index in [4.69, 9.17) is 16.3 Å². The fourth-order valence-electron chi connectivity index (χ4n) is 3.25. The van der Waals surface area contributed by atoms with Crippen LogP contribution in [0.4, 0.5) is 5.69 Å². The Balaban J connectivity index is 1.75. The number of amides is 1. The Bertz CT molecular complexity index is 1270. The van der Waals surface area contributed by atoms with E-state index in [1.807, 2.05) is 13.8 Å². The number of carbonyl (C=O) groups is 1. The summed E-state index contributed by atoms with van der Waals surface area (Å²) >= 11 is 6.22. The molecule has 1 amide bonds. The van der Waals surface area contributed by atoms with Gasteiger partial charge in [0.15, 0.2) is 5.65 Å². The van der Waals surface area contributed by atoms with Crippen LogP contribution in [-0.4, -0.2) is 48.6 Å². The van der Waals surface area contributed by atoms with Crippen LogP contribution in [0.5, 0.6) is 5.75 Å². The lowest BCUT2D eigenvalue weighted by molar-refractivity contribution is 0.102. The summed E-state index contributed by atoms with van der Waals surface area (Å²) in [7, 11) is 1.55. The number of methoxy groups -OCH3 is 1. The van der Waals surface area contributed by atoms with Gasteiger partial charge in [0, 0.05) is 29.2 Å². The lowest BCUT2D eigenvalue weighted by Gasteiger charge is -2.13. The van der Waals surface area contributed by atoms with Crippen LogP contribution in [0.1, 0.15) is 24.2 Å². The summed E-state index contributed by atoms with van der Waals surface area (Å²) in [6, 6.07) is 6.90. The lowest BCUT2D eigenvalue weighted by Crippen LogP contribution is -2.22. The number of nitrogens with one attached hydrogen (secondary N) is 1. The van der Waals surface area contributed by atoms with E-state index in [2.05, 4.69) is 20.5 Å². The van der Waals surface area contributed by atoms with E-state index in [0.29, 0.717) is 38.9 Å². The standard InChI is InChI=1S/C22H23ClN6O3/c1-13(2)18(30)12-28-11-17(20(27-28)15-9-14(23)5-6-19(15)32-3)26-22(31)16-10-25-29-8-4-7-24-21(16)29/h4-11,13,18,30H,12H2,1-3H3,(H,26,31)/t18-/m1/s1. The van der Waals surface area contributed by atoms with Gasteiger partial charge in [-0.2, -0.15) is 10.2 Å². The predicted octanol–water partition coefficient (Wildman–Crippen LogP) is 3.52. The number of hydrogen-bond acceptors (Lipinski definition) is 6. The van der Waals surface area contributed by atoms with Gasteiger partial charge in [-0.15, -0.1) is 0 Å². The summed E-state index contributed by atoms with van der Waals surface area (Å²) in [6.07, 6.45) is 5.85. The van der Waals surface area contributed by atoms with Crippen molar-refractivity contribution in [2.75, 3.05) is 12.4 Å². The molecule has 0 unspecified atom stereocenters. The Kier molecular flexibility index (Phi) is 6.11. The molecule has 10 heteroatoms. The molecular formula is C22H23ClN6O3. The summed E-state index contributed by atoms with van der Waals surface area (Å²) in [5, 5.41) is 22.5. The number of aliphatic hydroxyl groups is 1. The first-order valence-electron chi connectivity index (χ1n) is 10.1. The van der Waals surface area contributed by atoms with Crippen LogP contribution in [0.15, 0.2) is 49.1 Å². The smallest absolute Gasteiger partial charge is 0.261 e. The molecule has 0 aliphatic carbocycles. The van der Waals surface area contributed by atoms with Gasteiger partial charge in [-0.05, 0) is 30.2 Å². The zero-order chi connectivity index (χ0) is 22.8. The van der Waals surface area contributed by atoms with Gasteiger partial charge in [-0.3, -0.25) is 9.48 Å². The number of fused-ring (bicyclic) bond motifs is 1. The topological polar surface area (TPSA) is 107 Å². The van der Waals surface area contributed by atoms with Crippen molar-refractivity contribution in [2.45, 2.75) is 26.5 Å². The molecular weight excluding hydrogens is 432 g/mol. The van der Waals surface area contributed by atoms with Crippen molar-refractivity contribution in [1.82, 2.24) is 24.4 Å². The fraction of sp³-hybridized carbons (Fsp3) is 0.273. The average molecular weight is 455 g/mol. The molecule has 0 radical (unpaired) electrons. The minimum atomic E-state index is -0.601. The van der Waals surface area contributed by atoms with Gasteiger partial charge in [0.25, 0.3) is 5.91 Å². The molecule has 3 aromatic heterocycles. The average Bonchev–Trinajstić information content (AvgIpc) is 3.37. The Morgan fingerprint density at radius 2 is 2.16 bits per heavy atom. The van der Waals surface area contributed by atoms with Gasteiger partial charge in [0.1, 0.15) is 17.0 Å². The van der Waals surface area contributed by atoms with Crippen LogP contribution >= 0.6 is 11.6 Å². The molecule has 0 saturated heterocycles. The normalized spacial score (nSPS) is 12.3. The molecule has 4 aromatic rings. The number of hydrogen-bond donors (Lipinski definition) is 2. The number of benzene rings is 1. The largest absolute Gasteiger partial charge is 0.496 e. The molecule has 0 aliphatic rings. The van der Waals surface area contributed by atoms with Crippen molar-refractivity contribution < 1.29 is 14.6 Å². The Labute approximate surface area is 189 Å². The zero-order valence-corrected chi connectivity index (χ0v) is 18.6. The second-order valence-corrected chi connectivity index (χ2v) is 8.11. The highest BCUT2D eigenvalue weighted by Gasteiger charge is 2.22. The van der Waals surface area contributed by atoms with E-state index in [9.17, 15) is 9.90 Å². The number of nitrogens with zero attached hydrogens (tertiary/aromatic N) is 5. The number of halogens is 1. The Morgan fingerprint density at radius 1 is 1.34 bits per heavy atom. The molecule has 32 heavy (non-hydrogen) atoms. The first kappa shape index (κ1) is 21.8. The summed E-state index contributed by atoms with van der Waals surface area (Å²) in [4.78, 5) is 17.3. The van der Waals surface area contributed by atoms with E-state index in [-0.39, 0.29) is 18.4 Å². The van der Waals surface area contributed by atoms with Gasteiger partial charge in [0.05, 0.1) is 31.6 Å². The number of ether oxygens (including phenoxy) is 1. The third-order valence-electron chi connectivity index (χ3n) is 5.09. The fourth-order valence-corrected chi connectivity index (χ4v) is 3.42. The molecule has 0 fully saturated rings. The van der Waals surface area contributed by atoms with Crippen LogP contribution in [0, 0.1) is 5.92 Å². The maximum absolute atomic E-state index is 13.1. The Hall–Kier alpha value is -3.43. The number of carbonyl (C=O) groups excluding carboxylic acids is 1. The highest BCUT2D eigenvalue weighted by Crippen LogP contribution is 2.36. The van der Waals surface area contributed by atoms with Crippen molar-refractivity contribution >= 4 is 28.8 Å². The molecule has 2 N–H and O–H groups in total. The first-order chi connectivity index (χ1) is 15.4. The minimum Gasteiger partial charge on any atom is -0.496 e. The van der Waals surface area contributed by atoms with Gasteiger partial charge in [-0.25, -0.2) is 9.50 Å². The quantitative estimate of drug-likeness (QED) is 0.442. The molecule has 1 aromatic carbocycles. The minimum absolute atomic E-state index is 0.0475. The summed E-state index contributed by atoms with van der Waals surface area (Å²) < 4.78 is 8.61. The number of anilines is 1. The van der Waals surface area contributed by atoms with E-state index < -0.39 is 6.10 Å². The number of aromatic nitrogens is 5. The van der Waals surface area contributed by atoms with Gasteiger partial charge < -0.3 is 15.2 Å². The van der Waals surface area contributed by atoms with E-state index in [1.165, 1.54) is 10.7 Å². The third-order valence-corrected chi connectivity index (χ3v) is 5.33. The second-order valence-electron chi connectivity index (χ2n) is 7.67. The molecule has 9 nitrogen and oxygen atoms in total. The predicted molar refractivity (Wildman–Crippen MR) is 121 cm³/mol. The van der Waals surface area contributed by atoms with Crippen molar-refractivity contribution in [1.29, 1.82) is 0 Å². The van der Waals surface area contributed by atoms with Crippen molar-refractivity contribution in [3.05, 3.63) is 59.6 Å². The number of rotatable bonds is 7. The van der Waals surface area contributed by atoms with E-state index in [1.54, 1.807) is 54.6 Å². The van der Waals surface area contributed by atoms with E-state index >= 15 is 0 Å². The molecule has 1 atom stereocenters. The molecule has 4 rings (SSSR count). The number of aliphatic hydroxyl groups excluding tert-OH is 1. The van der Waals surface area contributed by atoms with Crippen molar-refractivity contribution in [3.8, 4) is 17.0 Å². The van der Waals surface area contributed by atoms with Crippen LogP contribution in [0.3, 0.4) is 0 Å². The summed E-state index contributed by atoms with van der Waals surface area (Å²) in [5.74, 6) is 0.216. The van der Waals surface area contributed by atoms with Crippen molar-refractivity contribution in [2.24, 2.45) is 5.92 Å². The second kappa shape index (κ2) is 8.97. The highest BCUT2D eigenvalue weighted by atomic mass is 35.5. The summed E-state index contributed by atoms with van der Waals surface area (Å²) in [5.41, 5.74) is 2.30. The third kappa shape index (κ3) is 4.30. The molecule has 0 bridgehead atoms. The Morgan fingerprint density at radius 3 is 2.91 bits per heavy atom. The van der Waals surface area contributed by atoms with E-state index in [0.717, 1.165) is 0 Å². The van der Waals surface area contributed by atoms with Crippen LogP contribution in [0.2, 0.25) is 5.02 Å².